The lowest BCUT2D eigenvalue weighted by Crippen LogP contribution is -2.33. The van der Waals surface area contributed by atoms with Gasteiger partial charge in [0.1, 0.15) is 0 Å². The molecule has 1 atom stereocenters. The highest BCUT2D eigenvalue weighted by Gasteiger charge is 2.28. The molecule has 0 saturated carbocycles. The van der Waals surface area contributed by atoms with E-state index in [0.29, 0.717) is 24.0 Å². The van der Waals surface area contributed by atoms with Gasteiger partial charge in [0, 0.05) is 11.1 Å². The number of hydrogen-bond acceptors (Lipinski definition) is 3. The molecule has 1 heterocycles. The summed E-state index contributed by atoms with van der Waals surface area (Å²) in [6.45, 7) is 5.29. The Hall–Kier alpha value is -1.16. The van der Waals surface area contributed by atoms with Crippen LogP contribution in [0.2, 0.25) is 0 Å². The molecule has 1 saturated heterocycles. The van der Waals surface area contributed by atoms with Gasteiger partial charge in [-0.15, -0.1) is 0 Å². The van der Waals surface area contributed by atoms with Crippen molar-refractivity contribution in [1.29, 1.82) is 0 Å². The fourth-order valence-electron chi connectivity index (χ4n) is 6.04. The first-order chi connectivity index (χ1) is 19.1. The second kappa shape index (κ2) is 25.8. The summed E-state index contributed by atoms with van der Waals surface area (Å²) in [6.07, 6.45) is 32.8. The van der Waals surface area contributed by atoms with Crippen molar-refractivity contribution in [2.45, 2.75) is 193 Å². The van der Waals surface area contributed by atoms with Gasteiger partial charge in [0.2, 0.25) is 0 Å². The van der Waals surface area contributed by atoms with Crippen LogP contribution in [0.25, 0.3) is 0 Å². The van der Waals surface area contributed by atoms with Crippen LogP contribution < -0.4 is 5.32 Å². The first-order valence-corrected chi connectivity index (χ1v) is 17.3. The van der Waals surface area contributed by atoms with Gasteiger partial charge in [-0.05, 0) is 45.1 Å². The normalized spacial score (nSPS) is 16.0. The van der Waals surface area contributed by atoms with E-state index in [1.165, 1.54) is 116 Å². The van der Waals surface area contributed by atoms with Crippen molar-refractivity contribution in [3.63, 3.8) is 0 Å². The topological polar surface area (TPSA) is 66.4 Å². The molecule has 0 aromatic rings. The minimum Gasteiger partial charge on any atom is -0.478 e. The summed E-state index contributed by atoms with van der Waals surface area (Å²) in [7, 11) is 0. The van der Waals surface area contributed by atoms with E-state index in [9.17, 15) is 14.7 Å². The lowest BCUT2D eigenvalue weighted by molar-refractivity contribution is -0.133. The third-order valence-electron chi connectivity index (χ3n) is 8.61. The van der Waals surface area contributed by atoms with Crippen LogP contribution in [-0.4, -0.2) is 29.4 Å². The van der Waals surface area contributed by atoms with Crippen LogP contribution in [0.15, 0.2) is 11.1 Å². The third kappa shape index (κ3) is 18.7. The molecule has 1 fully saturated rings. The zero-order valence-corrected chi connectivity index (χ0v) is 26.1. The molecule has 4 nitrogen and oxygen atoms in total. The van der Waals surface area contributed by atoms with Gasteiger partial charge in [-0.1, -0.05) is 149 Å². The average molecular weight is 548 g/mol. The summed E-state index contributed by atoms with van der Waals surface area (Å²) in [5, 5.41) is 13.2. The van der Waals surface area contributed by atoms with Crippen LogP contribution in [0.5, 0.6) is 0 Å². The van der Waals surface area contributed by atoms with Crippen molar-refractivity contribution in [3.05, 3.63) is 11.1 Å². The summed E-state index contributed by atoms with van der Waals surface area (Å²) in [5.74, 6) is -0.834. The van der Waals surface area contributed by atoms with E-state index in [-0.39, 0.29) is 11.8 Å². The van der Waals surface area contributed by atoms with Crippen molar-refractivity contribution >= 4 is 11.8 Å². The number of hydrogen-bond donors (Lipinski definition) is 2. The summed E-state index contributed by atoms with van der Waals surface area (Å²) >= 11 is 0. The number of aliphatic carboxylic acids is 1. The quantitative estimate of drug-likeness (QED) is 0.0755. The first-order valence-electron chi connectivity index (χ1n) is 17.3. The van der Waals surface area contributed by atoms with Gasteiger partial charge in [0.05, 0.1) is 6.04 Å². The number of carboxylic acid groups (broad SMARTS) is 1. The second-order valence-corrected chi connectivity index (χ2v) is 12.2. The molecular weight excluding hydrogens is 482 g/mol. The Morgan fingerprint density at radius 1 is 0.564 bits per heavy atom. The molecule has 0 radical (unpaired) electrons. The molecule has 228 valence electrons. The van der Waals surface area contributed by atoms with Gasteiger partial charge in [-0.2, -0.15) is 0 Å². The van der Waals surface area contributed by atoms with Crippen molar-refractivity contribution in [2.24, 2.45) is 0 Å². The van der Waals surface area contributed by atoms with E-state index in [4.69, 9.17) is 0 Å². The third-order valence-corrected chi connectivity index (χ3v) is 8.61. The van der Waals surface area contributed by atoms with Crippen LogP contribution in [0, 0.1) is 0 Å². The van der Waals surface area contributed by atoms with E-state index in [0.717, 1.165) is 51.5 Å². The molecule has 0 aromatic carbocycles. The van der Waals surface area contributed by atoms with Crippen molar-refractivity contribution < 1.29 is 14.7 Å². The van der Waals surface area contributed by atoms with Gasteiger partial charge in [-0.25, -0.2) is 4.79 Å². The van der Waals surface area contributed by atoms with Crippen molar-refractivity contribution in [1.82, 2.24) is 5.32 Å². The monoisotopic (exact) mass is 547 g/mol. The summed E-state index contributed by atoms with van der Waals surface area (Å²) in [4.78, 5) is 25.2. The van der Waals surface area contributed by atoms with Crippen LogP contribution in [0.1, 0.15) is 187 Å². The van der Waals surface area contributed by atoms with Crippen LogP contribution in [0.4, 0.5) is 0 Å². The van der Waals surface area contributed by atoms with E-state index in [1.807, 2.05) is 0 Å². The molecule has 1 aliphatic rings. The molecule has 0 bridgehead atoms. The smallest absolute Gasteiger partial charge is 0.331 e. The number of ketones is 1. The molecule has 2 N–H and O–H groups in total. The molecule has 1 rings (SSSR count). The molecule has 39 heavy (non-hydrogen) atoms. The highest BCUT2D eigenvalue weighted by Crippen LogP contribution is 2.24. The Bertz CT molecular complexity index is 636. The maximum atomic E-state index is 13.1. The Labute approximate surface area is 242 Å². The second-order valence-electron chi connectivity index (χ2n) is 12.2. The molecule has 1 aliphatic heterocycles. The zero-order chi connectivity index (χ0) is 28.4. The lowest BCUT2D eigenvalue weighted by Gasteiger charge is -2.16. The summed E-state index contributed by atoms with van der Waals surface area (Å²) in [5.41, 5.74) is 1.00. The number of carbonyl (C=O) groups excluding carboxylic acids is 1. The van der Waals surface area contributed by atoms with E-state index < -0.39 is 5.97 Å². The van der Waals surface area contributed by atoms with Crippen LogP contribution in [-0.2, 0) is 9.59 Å². The lowest BCUT2D eigenvalue weighted by atomic mass is 9.90. The molecular formula is C35H65NO3. The minimum absolute atomic E-state index is 0.0502. The van der Waals surface area contributed by atoms with Crippen LogP contribution in [0.3, 0.4) is 0 Å². The number of nitrogens with one attached hydrogen (secondary N) is 1. The van der Waals surface area contributed by atoms with Gasteiger partial charge >= 0.3 is 5.97 Å². The number of carboxylic acids is 1. The van der Waals surface area contributed by atoms with Gasteiger partial charge in [0.25, 0.3) is 0 Å². The fraction of sp³-hybridized carbons (Fsp3) is 0.886. The van der Waals surface area contributed by atoms with Gasteiger partial charge < -0.3 is 10.4 Å². The number of carbonyl (C=O) groups is 2. The standard InChI is InChI=1S/C35H65NO3/c1-3-5-7-8-9-10-11-12-13-14-15-16-17-18-19-20-21-22-23-25-28-32(35(38)39)31(27-24-6-4-2)34(37)33-29-26-30-36-33/h33,36H,3-30H2,1-2H3,(H,38,39)/t33-/m0/s1. The zero-order valence-electron chi connectivity index (χ0n) is 26.1. The molecule has 0 aromatic heterocycles. The minimum atomic E-state index is -0.884. The molecule has 0 aliphatic carbocycles. The Morgan fingerprint density at radius 2 is 0.923 bits per heavy atom. The largest absolute Gasteiger partial charge is 0.478 e. The average Bonchev–Trinajstić information content (AvgIpc) is 3.47. The van der Waals surface area contributed by atoms with Gasteiger partial charge in [0.15, 0.2) is 5.78 Å². The maximum absolute atomic E-state index is 13.1. The summed E-state index contributed by atoms with van der Waals surface area (Å²) < 4.78 is 0. The first kappa shape index (κ1) is 35.9. The maximum Gasteiger partial charge on any atom is 0.331 e. The fourth-order valence-corrected chi connectivity index (χ4v) is 6.04. The van der Waals surface area contributed by atoms with E-state index in [1.54, 1.807) is 0 Å². The highest BCUT2D eigenvalue weighted by molar-refractivity contribution is 6.06. The highest BCUT2D eigenvalue weighted by atomic mass is 16.4. The van der Waals surface area contributed by atoms with Crippen molar-refractivity contribution in [2.75, 3.05) is 6.54 Å². The number of rotatable bonds is 28. The molecule has 0 spiro atoms. The Balaban J connectivity index is 2.09. The van der Waals surface area contributed by atoms with E-state index >= 15 is 0 Å². The number of Topliss-reactive ketones (excluding diaryl/α,β-unsaturated/α-hetero) is 1. The molecule has 4 heteroatoms. The SMILES string of the molecule is CCCCCCCCCCCCCCCCCCCCCCC(C(=O)O)=C(CCCCC)C(=O)[C@@H]1CCCN1. The molecule has 0 amide bonds. The predicted molar refractivity (Wildman–Crippen MR) is 167 cm³/mol. The summed E-state index contributed by atoms with van der Waals surface area (Å²) in [6, 6.07) is -0.175. The predicted octanol–water partition coefficient (Wildman–Crippen LogP) is 10.5. The van der Waals surface area contributed by atoms with E-state index in [2.05, 4.69) is 19.2 Å². The van der Waals surface area contributed by atoms with Crippen LogP contribution >= 0.6 is 0 Å². The van der Waals surface area contributed by atoms with Crippen molar-refractivity contribution in [3.8, 4) is 0 Å². The Kier molecular flexibility index (Phi) is 23.7. The number of unbranched alkanes of at least 4 members (excludes halogenated alkanes) is 21. The van der Waals surface area contributed by atoms with Gasteiger partial charge in [-0.3, -0.25) is 4.79 Å². The molecule has 0 unspecified atom stereocenters. The Morgan fingerprint density at radius 3 is 1.31 bits per heavy atom.